The van der Waals surface area contributed by atoms with Crippen LogP contribution in [0.5, 0.6) is 0 Å². The van der Waals surface area contributed by atoms with Crippen molar-refractivity contribution >= 4 is 21.6 Å². The van der Waals surface area contributed by atoms with Crippen molar-refractivity contribution in [2.24, 2.45) is 0 Å². The van der Waals surface area contributed by atoms with Gasteiger partial charge in [-0.1, -0.05) is 22.0 Å². The van der Waals surface area contributed by atoms with E-state index in [2.05, 4.69) is 58.2 Å². The zero-order valence-electron chi connectivity index (χ0n) is 12.2. The van der Waals surface area contributed by atoms with Crippen LogP contribution in [0.2, 0.25) is 0 Å². The normalized spacial score (nSPS) is 26.9. The lowest BCUT2D eigenvalue weighted by atomic mass is 10.1. The van der Waals surface area contributed by atoms with E-state index >= 15 is 0 Å². The second kappa shape index (κ2) is 6.04. The van der Waals surface area contributed by atoms with Crippen LogP contribution in [0.15, 0.2) is 22.7 Å². The summed E-state index contributed by atoms with van der Waals surface area (Å²) >= 11 is 3.61. The van der Waals surface area contributed by atoms with Gasteiger partial charge >= 0.3 is 0 Å². The molecule has 1 saturated carbocycles. The molecule has 3 nitrogen and oxygen atoms in total. The minimum Gasteiger partial charge on any atom is -0.372 e. The summed E-state index contributed by atoms with van der Waals surface area (Å²) in [6, 6.07) is 7.36. The van der Waals surface area contributed by atoms with Gasteiger partial charge in [-0.2, -0.15) is 0 Å². The van der Waals surface area contributed by atoms with Crippen LogP contribution in [-0.4, -0.2) is 31.3 Å². The molecule has 1 aliphatic carbocycles. The van der Waals surface area contributed by atoms with E-state index in [1.54, 1.807) is 0 Å². The Labute approximate surface area is 129 Å². The first kappa shape index (κ1) is 14.4. The summed E-state index contributed by atoms with van der Waals surface area (Å²) in [6.07, 6.45) is 3.25. The SMILES string of the molecule is C[C@@H]1CN(c2cc(Br)ccc2CNC2CC2)C[C@H](C)O1. The smallest absolute Gasteiger partial charge is 0.0726 e. The van der Waals surface area contributed by atoms with E-state index < -0.39 is 0 Å². The second-order valence-electron chi connectivity index (χ2n) is 6.09. The summed E-state index contributed by atoms with van der Waals surface area (Å²) in [5.41, 5.74) is 2.73. The highest BCUT2D eigenvalue weighted by atomic mass is 79.9. The van der Waals surface area contributed by atoms with Gasteiger partial charge in [0.15, 0.2) is 0 Å². The first-order chi connectivity index (χ1) is 9.61. The number of nitrogens with one attached hydrogen (secondary N) is 1. The van der Waals surface area contributed by atoms with Crippen LogP contribution in [0.25, 0.3) is 0 Å². The molecule has 110 valence electrons. The average molecular weight is 339 g/mol. The van der Waals surface area contributed by atoms with E-state index in [4.69, 9.17) is 4.74 Å². The van der Waals surface area contributed by atoms with E-state index in [-0.39, 0.29) is 0 Å². The number of morpholine rings is 1. The first-order valence-electron chi connectivity index (χ1n) is 7.54. The van der Waals surface area contributed by atoms with Crippen LogP contribution >= 0.6 is 15.9 Å². The van der Waals surface area contributed by atoms with E-state index in [0.717, 1.165) is 30.1 Å². The maximum atomic E-state index is 5.85. The predicted octanol–water partition coefficient (Wildman–Crippen LogP) is 3.31. The lowest BCUT2D eigenvalue weighted by Gasteiger charge is -2.38. The number of nitrogens with zero attached hydrogens (tertiary/aromatic N) is 1. The fraction of sp³-hybridized carbons (Fsp3) is 0.625. The van der Waals surface area contributed by atoms with Crippen molar-refractivity contribution in [1.82, 2.24) is 5.32 Å². The molecule has 0 radical (unpaired) electrons. The van der Waals surface area contributed by atoms with Crippen LogP contribution < -0.4 is 10.2 Å². The number of hydrogen-bond acceptors (Lipinski definition) is 3. The number of benzene rings is 1. The number of ether oxygens (including phenoxy) is 1. The minimum absolute atomic E-state index is 0.293. The largest absolute Gasteiger partial charge is 0.372 e. The molecule has 4 heteroatoms. The van der Waals surface area contributed by atoms with E-state index in [1.165, 1.54) is 24.1 Å². The number of rotatable bonds is 4. The monoisotopic (exact) mass is 338 g/mol. The van der Waals surface area contributed by atoms with E-state index in [9.17, 15) is 0 Å². The third kappa shape index (κ3) is 3.54. The highest BCUT2D eigenvalue weighted by Gasteiger charge is 2.25. The number of hydrogen-bond donors (Lipinski definition) is 1. The summed E-state index contributed by atoms with van der Waals surface area (Å²) in [4.78, 5) is 2.47. The standard InChI is InChI=1S/C16H23BrN2O/c1-11-9-19(10-12(2)20-11)16-7-14(17)4-3-13(16)8-18-15-5-6-15/h3-4,7,11-12,15,18H,5-6,8-10H2,1-2H3/t11-,12+. The zero-order chi connectivity index (χ0) is 14.1. The molecule has 20 heavy (non-hydrogen) atoms. The number of anilines is 1. The third-order valence-electron chi connectivity index (χ3n) is 3.97. The molecule has 0 bridgehead atoms. The fourth-order valence-electron chi connectivity index (χ4n) is 2.90. The maximum Gasteiger partial charge on any atom is 0.0726 e. The van der Waals surface area contributed by atoms with Gasteiger partial charge in [0.25, 0.3) is 0 Å². The molecule has 1 aromatic carbocycles. The van der Waals surface area contributed by atoms with Crippen molar-refractivity contribution in [3.05, 3.63) is 28.2 Å². The molecule has 0 aromatic heterocycles. The van der Waals surface area contributed by atoms with Gasteiger partial charge in [0.1, 0.15) is 0 Å². The summed E-state index contributed by atoms with van der Waals surface area (Å²) in [6.45, 7) is 7.22. The topological polar surface area (TPSA) is 24.5 Å². The lowest BCUT2D eigenvalue weighted by molar-refractivity contribution is -0.00526. The molecule has 1 aliphatic heterocycles. The van der Waals surface area contributed by atoms with Crippen molar-refractivity contribution in [1.29, 1.82) is 0 Å². The molecule has 1 N–H and O–H groups in total. The van der Waals surface area contributed by atoms with Gasteiger partial charge in [-0.05, 0) is 44.4 Å². The Morgan fingerprint density at radius 3 is 2.60 bits per heavy atom. The summed E-state index contributed by atoms with van der Waals surface area (Å²) in [5, 5.41) is 3.62. The molecule has 2 atom stereocenters. The van der Waals surface area contributed by atoms with Crippen molar-refractivity contribution in [2.75, 3.05) is 18.0 Å². The lowest BCUT2D eigenvalue weighted by Crippen LogP contribution is -2.46. The van der Waals surface area contributed by atoms with E-state index in [1.807, 2.05) is 0 Å². The molecule has 3 rings (SSSR count). The van der Waals surface area contributed by atoms with Crippen molar-refractivity contribution in [3.8, 4) is 0 Å². The summed E-state index contributed by atoms with van der Waals surface area (Å²) in [5.74, 6) is 0. The Morgan fingerprint density at radius 1 is 1.25 bits per heavy atom. The Morgan fingerprint density at radius 2 is 1.95 bits per heavy atom. The zero-order valence-corrected chi connectivity index (χ0v) is 13.8. The highest BCUT2D eigenvalue weighted by molar-refractivity contribution is 9.10. The predicted molar refractivity (Wildman–Crippen MR) is 86.2 cm³/mol. The van der Waals surface area contributed by atoms with E-state index in [0.29, 0.717) is 12.2 Å². The first-order valence-corrected chi connectivity index (χ1v) is 8.33. The summed E-state index contributed by atoms with van der Waals surface area (Å²) in [7, 11) is 0. The molecule has 0 amide bonds. The quantitative estimate of drug-likeness (QED) is 0.911. The molecule has 0 unspecified atom stereocenters. The second-order valence-corrected chi connectivity index (χ2v) is 7.01. The van der Waals surface area contributed by atoms with Crippen molar-refractivity contribution < 1.29 is 4.74 Å². The Kier molecular flexibility index (Phi) is 4.34. The molecule has 0 spiro atoms. The minimum atomic E-state index is 0.293. The van der Waals surface area contributed by atoms with Crippen molar-refractivity contribution in [3.63, 3.8) is 0 Å². The summed E-state index contributed by atoms with van der Waals surface area (Å²) < 4.78 is 6.99. The van der Waals surface area contributed by atoms with Gasteiger partial charge < -0.3 is 15.0 Å². The van der Waals surface area contributed by atoms with Crippen LogP contribution in [0.1, 0.15) is 32.3 Å². The average Bonchev–Trinajstić information content (AvgIpc) is 3.20. The fourth-order valence-corrected chi connectivity index (χ4v) is 3.25. The molecule has 2 aliphatic rings. The maximum absolute atomic E-state index is 5.85. The van der Waals surface area contributed by atoms with Crippen LogP contribution in [-0.2, 0) is 11.3 Å². The van der Waals surface area contributed by atoms with Gasteiger partial charge in [-0.3, -0.25) is 0 Å². The molecule has 1 aromatic rings. The van der Waals surface area contributed by atoms with Crippen LogP contribution in [0.3, 0.4) is 0 Å². The molecule has 1 saturated heterocycles. The van der Waals surface area contributed by atoms with Gasteiger partial charge in [0, 0.05) is 35.8 Å². The number of halogens is 1. The van der Waals surface area contributed by atoms with Crippen LogP contribution in [0, 0.1) is 0 Å². The van der Waals surface area contributed by atoms with Gasteiger partial charge in [0.2, 0.25) is 0 Å². The molecular formula is C16H23BrN2O. The third-order valence-corrected chi connectivity index (χ3v) is 4.46. The Balaban J connectivity index is 1.79. The molecular weight excluding hydrogens is 316 g/mol. The van der Waals surface area contributed by atoms with Gasteiger partial charge in [-0.25, -0.2) is 0 Å². The van der Waals surface area contributed by atoms with Gasteiger partial charge in [-0.15, -0.1) is 0 Å². The molecule has 2 fully saturated rings. The van der Waals surface area contributed by atoms with Gasteiger partial charge in [0.05, 0.1) is 12.2 Å². The van der Waals surface area contributed by atoms with Crippen LogP contribution in [0.4, 0.5) is 5.69 Å². The Hall–Kier alpha value is -0.580. The highest BCUT2D eigenvalue weighted by Crippen LogP contribution is 2.29. The Bertz CT molecular complexity index is 466. The van der Waals surface area contributed by atoms with Crippen molar-refractivity contribution in [2.45, 2.75) is 51.5 Å². The molecule has 1 heterocycles.